The van der Waals surface area contributed by atoms with Gasteiger partial charge in [0.25, 0.3) is 0 Å². The maximum atomic E-state index is 6.36. The molecule has 0 amide bonds. The first-order valence-corrected chi connectivity index (χ1v) is 8.44. The summed E-state index contributed by atoms with van der Waals surface area (Å²) < 4.78 is 5.20. The topological polar surface area (TPSA) is 9.23 Å². The highest BCUT2D eigenvalue weighted by Gasteiger charge is 2.40. The molecule has 0 heterocycles. The number of alkyl halides is 1. The van der Waals surface area contributed by atoms with Crippen LogP contribution in [0.3, 0.4) is 0 Å². The lowest BCUT2D eigenvalue weighted by Crippen LogP contribution is -2.12. The van der Waals surface area contributed by atoms with Crippen LogP contribution in [-0.2, 0) is 0 Å². The van der Waals surface area contributed by atoms with Crippen molar-refractivity contribution in [2.45, 2.75) is 36.9 Å². The van der Waals surface area contributed by atoms with Crippen molar-refractivity contribution < 1.29 is 4.74 Å². The first-order chi connectivity index (χ1) is 9.17. The molecule has 2 bridgehead atoms. The van der Waals surface area contributed by atoms with Gasteiger partial charge in [0, 0.05) is 9.85 Å². The summed E-state index contributed by atoms with van der Waals surface area (Å²) in [5, 5.41) is 0.810. The van der Waals surface area contributed by atoms with Gasteiger partial charge in [0.05, 0.1) is 7.11 Å². The van der Waals surface area contributed by atoms with Gasteiger partial charge in [-0.3, -0.25) is 0 Å². The highest BCUT2D eigenvalue weighted by Crippen LogP contribution is 2.52. The summed E-state index contributed by atoms with van der Waals surface area (Å²) in [5.41, 5.74) is 1.20. The SMILES string of the molecule is COc1ccc(C(Br)CC2CC3CCC2C3)c(Cl)c1. The first-order valence-electron chi connectivity index (χ1n) is 7.15. The zero-order chi connectivity index (χ0) is 13.4. The predicted molar refractivity (Wildman–Crippen MR) is 83.2 cm³/mol. The molecule has 3 heteroatoms. The summed E-state index contributed by atoms with van der Waals surface area (Å²) >= 11 is 10.2. The lowest BCUT2D eigenvalue weighted by molar-refractivity contribution is 0.314. The Hall–Kier alpha value is -0.210. The molecule has 0 N–H and O–H groups in total. The highest BCUT2D eigenvalue weighted by atomic mass is 79.9. The lowest BCUT2D eigenvalue weighted by Gasteiger charge is -2.24. The second kappa shape index (κ2) is 5.65. The number of hydrogen-bond acceptors (Lipinski definition) is 1. The van der Waals surface area contributed by atoms with Gasteiger partial charge >= 0.3 is 0 Å². The molecule has 0 radical (unpaired) electrons. The second-order valence-electron chi connectivity index (χ2n) is 6.03. The zero-order valence-corrected chi connectivity index (χ0v) is 13.6. The lowest BCUT2D eigenvalue weighted by atomic mass is 9.84. The molecule has 1 nitrogen and oxygen atoms in total. The molecule has 0 aliphatic heterocycles. The van der Waals surface area contributed by atoms with Crippen LogP contribution in [0.1, 0.15) is 42.5 Å². The molecule has 0 spiro atoms. The summed E-state index contributed by atoms with van der Waals surface area (Å²) in [6, 6.07) is 6.00. The van der Waals surface area contributed by atoms with Crippen LogP contribution in [0.25, 0.3) is 0 Å². The van der Waals surface area contributed by atoms with E-state index in [0.29, 0.717) is 4.83 Å². The van der Waals surface area contributed by atoms with Crippen LogP contribution in [-0.4, -0.2) is 7.11 Å². The number of fused-ring (bicyclic) bond motifs is 2. The van der Waals surface area contributed by atoms with Crippen molar-refractivity contribution in [3.63, 3.8) is 0 Å². The molecule has 2 aliphatic carbocycles. The fourth-order valence-electron chi connectivity index (χ4n) is 3.95. The minimum absolute atomic E-state index is 0.371. The van der Waals surface area contributed by atoms with Crippen LogP contribution in [0, 0.1) is 17.8 Å². The van der Waals surface area contributed by atoms with Crippen LogP contribution in [0.5, 0.6) is 5.75 Å². The molecular formula is C16H20BrClO. The van der Waals surface area contributed by atoms with Crippen molar-refractivity contribution in [2.24, 2.45) is 17.8 Å². The molecule has 2 aliphatic rings. The van der Waals surface area contributed by atoms with E-state index in [4.69, 9.17) is 16.3 Å². The molecule has 0 aromatic heterocycles. The summed E-state index contributed by atoms with van der Waals surface area (Å²) in [5.74, 6) is 3.71. The van der Waals surface area contributed by atoms with E-state index in [0.717, 1.165) is 28.5 Å². The fraction of sp³-hybridized carbons (Fsp3) is 0.625. The second-order valence-corrected chi connectivity index (χ2v) is 7.54. The highest BCUT2D eigenvalue weighted by molar-refractivity contribution is 9.09. The van der Waals surface area contributed by atoms with Crippen LogP contribution in [0.15, 0.2) is 18.2 Å². The minimum atomic E-state index is 0.371. The maximum Gasteiger partial charge on any atom is 0.120 e. The summed E-state index contributed by atoms with van der Waals surface area (Å²) in [4.78, 5) is 0.371. The number of rotatable bonds is 4. The average Bonchev–Trinajstić information content (AvgIpc) is 3.00. The Kier molecular flexibility index (Phi) is 4.09. The van der Waals surface area contributed by atoms with Crippen LogP contribution < -0.4 is 4.74 Å². The number of halogens is 2. The molecule has 104 valence electrons. The van der Waals surface area contributed by atoms with Crippen LogP contribution in [0.4, 0.5) is 0 Å². The van der Waals surface area contributed by atoms with Gasteiger partial charge in [0.15, 0.2) is 0 Å². The van der Waals surface area contributed by atoms with Gasteiger partial charge in [-0.15, -0.1) is 0 Å². The average molecular weight is 344 g/mol. The van der Waals surface area contributed by atoms with Gasteiger partial charge in [0.2, 0.25) is 0 Å². The molecule has 4 atom stereocenters. The summed E-state index contributed by atoms with van der Waals surface area (Å²) in [6.45, 7) is 0. The summed E-state index contributed by atoms with van der Waals surface area (Å²) in [6.07, 6.45) is 7.04. The van der Waals surface area contributed by atoms with Crippen molar-refractivity contribution in [3.8, 4) is 5.75 Å². The monoisotopic (exact) mass is 342 g/mol. The molecule has 4 unspecified atom stereocenters. The standard InChI is InChI=1S/C16H20BrClO/c1-19-13-4-5-14(16(18)9-13)15(17)8-12-7-10-2-3-11(12)6-10/h4-5,9-12,15H,2-3,6-8H2,1H3. The van der Waals surface area contributed by atoms with Gasteiger partial charge in [-0.25, -0.2) is 0 Å². The molecule has 19 heavy (non-hydrogen) atoms. The first kappa shape index (κ1) is 13.8. The molecular weight excluding hydrogens is 324 g/mol. The van der Waals surface area contributed by atoms with Crippen LogP contribution >= 0.6 is 27.5 Å². The predicted octanol–water partition coefficient (Wildman–Crippen LogP) is 5.61. The smallest absolute Gasteiger partial charge is 0.120 e. The summed E-state index contributed by atoms with van der Waals surface area (Å²) in [7, 11) is 1.67. The number of hydrogen-bond donors (Lipinski definition) is 0. The van der Waals surface area contributed by atoms with E-state index in [2.05, 4.69) is 22.0 Å². The van der Waals surface area contributed by atoms with E-state index < -0.39 is 0 Å². The van der Waals surface area contributed by atoms with Crippen molar-refractivity contribution in [1.82, 2.24) is 0 Å². The third-order valence-corrected chi connectivity index (χ3v) is 6.13. The van der Waals surface area contributed by atoms with Gasteiger partial charge in [-0.1, -0.05) is 40.0 Å². The van der Waals surface area contributed by atoms with Crippen molar-refractivity contribution in [3.05, 3.63) is 28.8 Å². The Bertz CT molecular complexity index is 462. The number of methoxy groups -OCH3 is 1. The number of benzene rings is 1. The van der Waals surface area contributed by atoms with Crippen molar-refractivity contribution in [2.75, 3.05) is 7.11 Å². The Morgan fingerprint density at radius 2 is 2.21 bits per heavy atom. The fourth-order valence-corrected chi connectivity index (χ4v) is 5.26. The Balaban J connectivity index is 1.68. The van der Waals surface area contributed by atoms with E-state index in [-0.39, 0.29) is 0 Å². The Labute approximate surface area is 128 Å². The molecule has 2 saturated carbocycles. The van der Waals surface area contributed by atoms with Gasteiger partial charge in [-0.05, 0) is 61.1 Å². The third kappa shape index (κ3) is 2.80. The van der Waals surface area contributed by atoms with Gasteiger partial charge in [0.1, 0.15) is 5.75 Å². The normalized spacial score (nSPS) is 30.6. The largest absolute Gasteiger partial charge is 0.497 e. The Morgan fingerprint density at radius 1 is 1.37 bits per heavy atom. The third-order valence-electron chi connectivity index (χ3n) is 4.94. The molecule has 2 fully saturated rings. The molecule has 3 rings (SSSR count). The van der Waals surface area contributed by atoms with Crippen LogP contribution in [0.2, 0.25) is 5.02 Å². The van der Waals surface area contributed by atoms with E-state index in [1.807, 2.05) is 12.1 Å². The maximum absolute atomic E-state index is 6.36. The minimum Gasteiger partial charge on any atom is -0.497 e. The van der Waals surface area contributed by atoms with Gasteiger partial charge in [-0.2, -0.15) is 0 Å². The van der Waals surface area contributed by atoms with E-state index >= 15 is 0 Å². The van der Waals surface area contributed by atoms with Crippen molar-refractivity contribution in [1.29, 1.82) is 0 Å². The van der Waals surface area contributed by atoms with E-state index in [9.17, 15) is 0 Å². The Morgan fingerprint density at radius 3 is 2.79 bits per heavy atom. The molecule has 1 aromatic carbocycles. The van der Waals surface area contributed by atoms with Crippen molar-refractivity contribution >= 4 is 27.5 Å². The van der Waals surface area contributed by atoms with E-state index in [1.165, 1.54) is 37.7 Å². The number of ether oxygens (including phenoxy) is 1. The molecule has 0 saturated heterocycles. The molecule has 1 aromatic rings. The van der Waals surface area contributed by atoms with Gasteiger partial charge < -0.3 is 4.74 Å². The van der Waals surface area contributed by atoms with E-state index in [1.54, 1.807) is 7.11 Å². The zero-order valence-electron chi connectivity index (χ0n) is 11.2. The quantitative estimate of drug-likeness (QED) is 0.646.